The van der Waals surface area contributed by atoms with Crippen LogP contribution in [0.2, 0.25) is 0 Å². The number of aromatic nitrogens is 1. The van der Waals surface area contributed by atoms with E-state index in [4.69, 9.17) is 0 Å². The highest BCUT2D eigenvalue weighted by Gasteiger charge is 2.19. The first-order chi connectivity index (χ1) is 10.5. The van der Waals surface area contributed by atoms with Crippen molar-refractivity contribution in [1.29, 1.82) is 0 Å². The maximum absolute atomic E-state index is 11.5. The van der Waals surface area contributed by atoms with Gasteiger partial charge in [-0.1, -0.05) is 0 Å². The Hall–Kier alpha value is -0.540. The highest BCUT2D eigenvalue weighted by molar-refractivity contribution is 7.89. The van der Waals surface area contributed by atoms with Crippen LogP contribution in [0.3, 0.4) is 0 Å². The topological polar surface area (TPSA) is 74.3 Å². The molecular formula is C14H26N4O2S2. The van der Waals surface area contributed by atoms with Crippen molar-refractivity contribution in [2.24, 2.45) is 5.92 Å². The summed E-state index contributed by atoms with van der Waals surface area (Å²) in [6.45, 7) is 8.87. The van der Waals surface area contributed by atoms with Crippen LogP contribution in [0.25, 0.3) is 0 Å². The first kappa shape index (κ1) is 17.8. The van der Waals surface area contributed by atoms with Gasteiger partial charge in [0.2, 0.25) is 10.0 Å². The summed E-state index contributed by atoms with van der Waals surface area (Å²) in [7, 11) is -3.11. The number of nitrogens with zero attached hydrogens (tertiary/aromatic N) is 2. The van der Waals surface area contributed by atoms with Gasteiger partial charge < -0.3 is 5.32 Å². The molecule has 1 fully saturated rings. The predicted octanol–water partition coefficient (Wildman–Crippen LogP) is 0.802. The van der Waals surface area contributed by atoms with Crippen LogP contribution in [-0.4, -0.2) is 56.8 Å². The zero-order chi connectivity index (χ0) is 16.0. The first-order valence-corrected chi connectivity index (χ1v) is 10.3. The third-order valence-corrected chi connectivity index (χ3v) is 6.34. The second kappa shape index (κ2) is 8.35. The van der Waals surface area contributed by atoms with E-state index in [0.29, 0.717) is 12.5 Å². The molecule has 22 heavy (non-hydrogen) atoms. The van der Waals surface area contributed by atoms with Crippen molar-refractivity contribution in [3.63, 3.8) is 0 Å². The smallest absolute Gasteiger partial charge is 0.211 e. The van der Waals surface area contributed by atoms with E-state index < -0.39 is 10.0 Å². The van der Waals surface area contributed by atoms with Crippen LogP contribution >= 0.6 is 11.3 Å². The molecule has 0 radical (unpaired) electrons. The summed E-state index contributed by atoms with van der Waals surface area (Å²) in [6, 6.07) is 0. The average Bonchev–Trinajstić information content (AvgIpc) is 3.11. The Morgan fingerprint density at radius 3 is 2.95 bits per heavy atom. The number of rotatable bonds is 9. The SMILES string of the molecule is CCS(=O)(=O)NCCN(Cc1scnc1C)CC1CCNC1. The van der Waals surface area contributed by atoms with E-state index in [0.717, 1.165) is 38.4 Å². The average molecular weight is 347 g/mol. The Morgan fingerprint density at radius 2 is 2.36 bits per heavy atom. The molecule has 0 spiro atoms. The fraction of sp³-hybridized carbons (Fsp3) is 0.786. The van der Waals surface area contributed by atoms with Gasteiger partial charge >= 0.3 is 0 Å². The molecule has 2 rings (SSSR count). The standard InChI is InChI=1S/C14H26N4O2S2/c1-3-22(19,20)17-6-7-18(9-13-4-5-15-8-13)10-14-12(2)16-11-21-14/h11,13,15,17H,3-10H2,1-2H3. The van der Waals surface area contributed by atoms with E-state index >= 15 is 0 Å². The maximum Gasteiger partial charge on any atom is 0.211 e. The number of hydrogen-bond acceptors (Lipinski definition) is 6. The van der Waals surface area contributed by atoms with E-state index in [9.17, 15) is 8.42 Å². The lowest BCUT2D eigenvalue weighted by Crippen LogP contribution is -2.38. The molecule has 0 saturated carbocycles. The van der Waals surface area contributed by atoms with E-state index in [1.165, 1.54) is 11.3 Å². The lowest BCUT2D eigenvalue weighted by atomic mass is 10.1. The molecule has 0 amide bonds. The second-order valence-electron chi connectivity index (χ2n) is 5.75. The third-order valence-electron chi connectivity index (χ3n) is 4.02. The van der Waals surface area contributed by atoms with E-state index in [2.05, 4.69) is 19.9 Å². The largest absolute Gasteiger partial charge is 0.316 e. The Bertz CT molecular complexity index is 553. The van der Waals surface area contributed by atoms with Gasteiger partial charge in [0.05, 0.1) is 17.0 Å². The summed E-state index contributed by atoms with van der Waals surface area (Å²) in [5, 5.41) is 3.39. The number of sulfonamides is 1. The molecular weight excluding hydrogens is 320 g/mol. The molecule has 1 aromatic heterocycles. The van der Waals surface area contributed by atoms with Crippen LogP contribution < -0.4 is 10.0 Å². The highest BCUT2D eigenvalue weighted by atomic mass is 32.2. The molecule has 1 saturated heterocycles. The van der Waals surface area contributed by atoms with Crippen molar-refractivity contribution < 1.29 is 8.42 Å². The number of hydrogen-bond donors (Lipinski definition) is 2. The molecule has 2 N–H and O–H groups in total. The van der Waals surface area contributed by atoms with Gasteiger partial charge in [-0.3, -0.25) is 4.90 Å². The molecule has 2 heterocycles. The normalized spacial score (nSPS) is 19.1. The molecule has 126 valence electrons. The fourth-order valence-electron chi connectivity index (χ4n) is 2.61. The van der Waals surface area contributed by atoms with Gasteiger partial charge in [0.1, 0.15) is 0 Å². The number of aryl methyl sites for hydroxylation is 1. The minimum atomic E-state index is -3.11. The molecule has 0 aliphatic carbocycles. The molecule has 0 bridgehead atoms. The van der Waals surface area contributed by atoms with Crippen LogP contribution in [0.5, 0.6) is 0 Å². The molecule has 1 aliphatic rings. The molecule has 1 atom stereocenters. The minimum Gasteiger partial charge on any atom is -0.316 e. The van der Waals surface area contributed by atoms with Gasteiger partial charge in [-0.25, -0.2) is 18.1 Å². The van der Waals surface area contributed by atoms with Crippen LogP contribution in [0.1, 0.15) is 23.9 Å². The Morgan fingerprint density at radius 1 is 1.55 bits per heavy atom. The zero-order valence-corrected chi connectivity index (χ0v) is 15.0. The van der Waals surface area contributed by atoms with Gasteiger partial charge in [0.15, 0.2) is 0 Å². The Kier molecular flexibility index (Phi) is 6.76. The zero-order valence-electron chi connectivity index (χ0n) is 13.3. The van der Waals surface area contributed by atoms with Gasteiger partial charge in [-0.2, -0.15) is 0 Å². The highest BCUT2D eigenvalue weighted by Crippen LogP contribution is 2.17. The van der Waals surface area contributed by atoms with Crippen molar-refractivity contribution >= 4 is 21.4 Å². The van der Waals surface area contributed by atoms with Crippen molar-refractivity contribution in [3.05, 3.63) is 16.1 Å². The molecule has 1 unspecified atom stereocenters. The lowest BCUT2D eigenvalue weighted by Gasteiger charge is -2.25. The monoisotopic (exact) mass is 346 g/mol. The van der Waals surface area contributed by atoms with Gasteiger partial charge in [0, 0.05) is 31.1 Å². The molecule has 0 aromatic carbocycles. The van der Waals surface area contributed by atoms with Crippen molar-refractivity contribution in [2.45, 2.75) is 26.8 Å². The minimum absolute atomic E-state index is 0.132. The van der Waals surface area contributed by atoms with E-state index in [-0.39, 0.29) is 5.75 Å². The molecule has 1 aliphatic heterocycles. The van der Waals surface area contributed by atoms with Crippen LogP contribution in [0.4, 0.5) is 0 Å². The van der Waals surface area contributed by atoms with Crippen molar-refractivity contribution in [1.82, 2.24) is 19.9 Å². The summed E-state index contributed by atoms with van der Waals surface area (Å²) in [5.41, 5.74) is 2.95. The predicted molar refractivity (Wildman–Crippen MR) is 90.6 cm³/mol. The molecule has 6 nitrogen and oxygen atoms in total. The van der Waals surface area contributed by atoms with Crippen LogP contribution in [0, 0.1) is 12.8 Å². The Labute approximate surface area is 137 Å². The quantitative estimate of drug-likeness (QED) is 0.692. The summed E-state index contributed by atoms with van der Waals surface area (Å²) < 4.78 is 25.8. The summed E-state index contributed by atoms with van der Waals surface area (Å²) in [5.74, 6) is 0.782. The molecule has 1 aromatic rings. The third kappa shape index (κ3) is 5.58. The van der Waals surface area contributed by atoms with Crippen LogP contribution in [-0.2, 0) is 16.6 Å². The van der Waals surface area contributed by atoms with Crippen LogP contribution in [0.15, 0.2) is 5.51 Å². The fourth-order valence-corrected chi connectivity index (χ4v) is 4.04. The summed E-state index contributed by atoms with van der Waals surface area (Å²) in [4.78, 5) is 7.91. The first-order valence-electron chi connectivity index (χ1n) is 7.79. The summed E-state index contributed by atoms with van der Waals surface area (Å²) in [6.07, 6.45) is 1.19. The maximum atomic E-state index is 11.5. The lowest BCUT2D eigenvalue weighted by molar-refractivity contribution is 0.234. The van der Waals surface area contributed by atoms with E-state index in [1.54, 1.807) is 18.3 Å². The summed E-state index contributed by atoms with van der Waals surface area (Å²) >= 11 is 1.67. The van der Waals surface area contributed by atoms with Gasteiger partial charge in [-0.05, 0) is 39.3 Å². The number of nitrogens with one attached hydrogen (secondary N) is 2. The molecule has 8 heteroatoms. The van der Waals surface area contributed by atoms with E-state index in [1.807, 2.05) is 12.4 Å². The second-order valence-corrected chi connectivity index (χ2v) is 8.79. The van der Waals surface area contributed by atoms with Gasteiger partial charge in [0.25, 0.3) is 0 Å². The Balaban J connectivity index is 1.90. The van der Waals surface area contributed by atoms with Crippen molar-refractivity contribution in [3.8, 4) is 0 Å². The number of thiazole rings is 1. The van der Waals surface area contributed by atoms with Crippen molar-refractivity contribution in [2.75, 3.05) is 38.5 Å². The van der Waals surface area contributed by atoms with Gasteiger partial charge in [-0.15, -0.1) is 11.3 Å².